The summed E-state index contributed by atoms with van der Waals surface area (Å²) in [5.74, 6) is 7.24. The van der Waals surface area contributed by atoms with Crippen molar-refractivity contribution in [1.29, 1.82) is 0 Å². The van der Waals surface area contributed by atoms with E-state index in [4.69, 9.17) is 4.74 Å². The van der Waals surface area contributed by atoms with Crippen LogP contribution >= 0.6 is 0 Å². The number of esters is 3. The van der Waals surface area contributed by atoms with Crippen molar-refractivity contribution >= 4 is 17.9 Å². The molecule has 2 rings (SSSR count). The first-order valence-electron chi connectivity index (χ1n) is 8.89. The minimum absolute atomic E-state index is 0.270. The number of benzene rings is 2. The average Bonchev–Trinajstić information content (AvgIpc) is 2.75. The van der Waals surface area contributed by atoms with E-state index in [-0.39, 0.29) is 5.56 Å². The quantitative estimate of drug-likeness (QED) is 0.339. The van der Waals surface area contributed by atoms with Gasteiger partial charge in [0, 0.05) is 17.4 Å². The number of hydrogen-bond acceptors (Lipinski definition) is 6. The average molecular weight is 404 g/mol. The Balaban J connectivity index is 2.68. The van der Waals surface area contributed by atoms with Gasteiger partial charge in [0.15, 0.2) is 0 Å². The molecule has 152 valence electrons. The molecule has 2 aromatic rings. The summed E-state index contributed by atoms with van der Waals surface area (Å²) in [6.07, 6.45) is 0. The minimum Gasteiger partial charge on any atom is -0.459 e. The second-order valence-corrected chi connectivity index (χ2v) is 6.29. The van der Waals surface area contributed by atoms with Gasteiger partial charge in [0.1, 0.15) is 0 Å². The zero-order chi connectivity index (χ0) is 22.1. The molecule has 0 atom stereocenters. The second-order valence-electron chi connectivity index (χ2n) is 6.29. The minimum atomic E-state index is -1.91. The van der Waals surface area contributed by atoms with Gasteiger partial charge in [-0.3, -0.25) is 0 Å². The molecule has 0 aliphatic carbocycles. The Labute approximate surface area is 175 Å². The van der Waals surface area contributed by atoms with Crippen molar-refractivity contribution in [2.45, 2.75) is 19.4 Å². The van der Waals surface area contributed by atoms with Crippen LogP contribution in [0.15, 0.2) is 48.5 Å². The van der Waals surface area contributed by atoms with Crippen LogP contribution in [-0.2, 0) is 29.4 Å². The van der Waals surface area contributed by atoms with Crippen molar-refractivity contribution in [1.82, 2.24) is 0 Å². The highest BCUT2D eigenvalue weighted by Gasteiger charge is 2.34. The van der Waals surface area contributed by atoms with Gasteiger partial charge in [-0.1, -0.05) is 41.5 Å². The SMILES string of the molecule is COC(=O)C#CC(C#CC(=O)OC)(OC(=O)c1cccc(C)c1)c1cccc(C)c1. The Kier molecular flexibility index (Phi) is 7.38. The highest BCUT2D eigenvalue weighted by atomic mass is 16.6. The van der Waals surface area contributed by atoms with Gasteiger partial charge in [0.05, 0.1) is 19.8 Å². The number of methoxy groups -OCH3 is 2. The lowest BCUT2D eigenvalue weighted by atomic mass is 9.92. The van der Waals surface area contributed by atoms with Crippen molar-refractivity contribution in [3.05, 3.63) is 70.8 Å². The van der Waals surface area contributed by atoms with Crippen LogP contribution in [0.25, 0.3) is 0 Å². The molecular weight excluding hydrogens is 384 g/mol. The molecule has 0 fully saturated rings. The lowest BCUT2D eigenvalue weighted by Gasteiger charge is -2.24. The normalized spacial score (nSPS) is 9.87. The van der Waals surface area contributed by atoms with Crippen LogP contribution in [0.2, 0.25) is 0 Å². The highest BCUT2D eigenvalue weighted by molar-refractivity contribution is 5.93. The van der Waals surface area contributed by atoms with Gasteiger partial charge >= 0.3 is 17.9 Å². The molecule has 0 aliphatic rings. The summed E-state index contributed by atoms with van der Waals surface area (Å²) in [5.41, 5.74) is 0.424. The fourth-order valence-corrected chi connectivity index (χ4v) is 2.50. The summed E-state index contributed by atoms with van der Waals surface area (Å²) < 4.78 is 14.8. The maximum atomic E-state index is 12.9. The molecule has 0 aliphatic heterocycles. The van der Waals surface area contributed by atoms with Crippen LogP contribution in [0.4, 0.5) is 0 Å². The van der Waals surface area contributed by atoms with Crippen molar-refractivity contribution in [2.24, 2.45) is 0 Å². The van der Waals surface area contributed by atoms with E-state index in [9.17, 15) is 14.4 Å². The van der Waals surface area contributed by atoms with E-state index in [1.54, 1.807) is 36.4 Å². The van der Waals surface area contributed by atoms with Crippen LogP contribution < -0.4 is 0 Å². The van der Waals surface area contributed by atoms with Gasteiger partial charge in [-0.25, -0.2) is 14.4 Å². The molecular formula is C24H20O6. The van der Waals surface area contributed by atoms with Crippen LogP contribution in [-0.4, -0.2) is 32.1 Å². The molecule has 0 spiro atoms. The van der Waals surface area contributed by atoms with E-state index in [0.29, 0.717) is 5.56 Å². The number of ether oxygens (including phenoxy) is 3. The van der Waals surface area contributed by atoms with Crippen LogP contribution in [0.3, 0.4) is 0 Å². The highest BCUT2D eigenvalue weighted by Crippen LogP contribution is 2.27. The lowest BCUT2D eigenvalue weighted by Crippen LogP contribution is -2.30. The summed E-state index contributed by atoms with van der Waals surface area (Å²) in [6, 6.07) is 13.6. The van der Waals surface area contributed by atoms with Crippen molar-refractivity contribution < 1.29 is 28.6 Å². The smallest absolute Gasteiger partial charge is 0.384 e. The number of rotatable bonds is 3. The van der Waals surface area contributed by atoms with Gasteiger partial charge in [0.25, 0.3) is 5.60 Å². The van der Waals surface area contributed by atoms with Crippen LogP contribution in [0.1, 0.15) is 27.0 Å². The second kappa shape index (κ2) is 9.95. The van der Waals surface area contributed by atoms with E-state index >= 15 is 0 Å². The van der Waals surface area contributed by atoms with E-state index in [1.807, 2.05) is 26.0 Å². The van der Waals surface area contributed by atoms with Gasteiger partial charge < -0.3 is 14.2 Å². The summed E-state index contributed by atoms with van der Waals surface area (Å²) in [5, 5.41) is 0. The standard InChI is InChI=1S/C24H20O6/c1-17-7-5-9-19(15-17)23(27)30-24(13-11-21(25)28-3,14-12-22(26)29-4)20-10-6-8-18(2)16-20/h5-10,15-16H,1-4H3. The molecule has 0 amide bonds. The predicted molar refractivity (Wildman–Crippen MR) is 109 cm³/mol. The van der Waals surface area contributed by atoms with E-state index in [0.717, 1.165) is 11.1 Å². The number of carbonyl (C=O) groups excluding carboxylic acids is 3. The van der Waals surface area contributed by atoms with Crippen LogP contribution in [0, 0.1) is 37.5 Å². The maximum absolute atomic E-state index is 12.9. The number of aryl methyl sites for hydroxylation is 2. The molecule has 0 unspecified atom stereocenters. The Morgan fingerprint density at radius 2 is 1.33 bits per heavy atom. The molecule has 0 radical (unpaired) electrons. The third-order valence-electron chi connectivity index (χ3n) is 3.98. The molecule has 2 aromatic carbocycles. The molecule has 0 bridgehead atoms. The molecule has 30 heavy (non-hydrogen) atoms. The first-order chi connectivity index (χ1) is 14.3. The Morgan fingerprint density at radius 3 is 1.83 bits per heavy atom. The maximum Gasteiger partial charge on any atom is 0.384 e. The van der Waals surface area contributed by atoms with E-state index < -0.39 is 23.5 Å². The first-order valence-corrected chi connectivity index (χ1v) is 8.89. The fourth-order valence-electron chi connectivity index (χ4n) is 2.50. The third kappa shape index (κ3) is 5.73. The zero-order valence-electron chi connectivity index (χ0n) is 17.1. The molecule has 0 heterocycles. The Hall–Kier alpha value is -4.03. The summed E-state index contributed by atoms with van der Waals surface area (Å²) in [6.45, 7) is 3.66. The predicted octanol–water partition coefficient (Wildman–Crippen LogP) is 2.71. The summed E-state index contributed by atoms with van der Waals surface area (Å²) in [4.78, 5) is 36.3. The molecule has 6 heteroatoms. The molecule has 0 saturated carbocycles. The van der Waals surface area contributed by atoms with Crippen molar-refractivity contribution in [2.75, 3.05) is 14.2 Å². The van der Waals surface area contributed by atoms with E-state index in [1.165, 1.54) is 14.2 Å². The molecule has 0 aromatic heterocycles. The summed E-state index contributed by atoms with van der Waals surface area (Å²) in [7, 11) is 2.34. The van der Waals surface area contributed by atoms with Gasteiger partial charge in [0.2, 0.25) is 0 Å². The van der Waals surface area contributed by atoms with Crippen molar-refractivity contribution in [3.8, 4) is 23.7 Å². The number of carbonyl (C=O) groups is 3. The Morgan fingerprint density at radius 1 is 0.800 bits per heavy atom. The van der Waals surface area contributed by atoms with Gasteiger partial charge in [-0.05, 0) is 43.9 Å². The molecule has 0 saturated heterocycles. The first kappa shape index (κ1) is 22.3. The van der Waals surface area contributed by atoms with Gasteiger partial charge in [-0.2, -0.15) is 0 Å². The van der Waals surface area contributed by atoms with E-state index in [2.05, 4.69) is 33.2 Å². The van der Waals surface area contributed by atoms with Gasteiger partial charge in [-0.15, -0.1) is 0 Å². The molecule has 6 nitrogen and oxygen atoms in total. The fraction of sp³-hybridized carbons (Fsp3) is 0.208. The topological polar surface area (TPSA) is 78.9 Å². The number of hydrogen-bond donors (Lipinski definition) is 0. The summed E-state index contributed by atoms with van der Waals surface area (Å²) >= 11 is 0. The third-order valence-corrected chi connectivity index (χ3v) is 3.98. The molecule has 0 N–H and O–H groups in total. The Bertz CT molecular complexity index is 1060. The zero-order valence-corrected chi connectivity index (χ0v) is 17.1. The lowest BCUT2D eigenvalue weighted by molar-refractivity contribution is -0.134. The van der Waals surface area contributed by atoms with Crippen LogP contribution in [0.5, 0.6) is 0 Å². The monoisotopic (exact) mass is 404 g/mol. The van der Waals surface area contributed by atoms with Crippen molar-refractivity contribution in [3.63, 3.8) is 0 Å². The largest absolute Gasteiger partial charge is 0.459 e.